The third kappa shape index (κ3) is 3.46. The van der Waals surface area contributed by atoms with E-state index in [1.54, 1.807) is 0 Å². The van der Waals surface area contributed by atoms with Crippen LogP contribution in [0, 0.1) is 11.8 Å². The van der Waals surface area contributed by atoms with E-state index in [0.717, 1.165) is 41.3 Å². The van der Waals surface area contributed by atoms with Crippen LogP contribution in [0.15, 0.2) is 30.5 Å². The van der Waals surface area contributed by atoms with Gasteiger partial charge in [0.15, 0.2) is 0 Å². The van der Waals surface area contributed by atoms with E-state index >= 15 is 0 Å². The van der Waals surface area contributed by atoms with Gasteiger partial charge in [0.25, 0.3) is 5.91 Å². The summed E-state index contributed by atoms with van der Waals surface area (Å²) in [5.74, 6) is 1.73. The lowest BCUT2D eigenvalue weighted by Crippen LogP contribution is -2.26. The van der Waals surface area contributed by atoms with Gasteiger partial charge in [-0.15, -0.1) is 0 Å². The van der Waals surface area contributed by atoms with Gasteiger partial charge in [-0.2, -0.15) is 0 Å². The number of aromatic amines is 1. The van der Waals surface area contributed by atoms with Gasteiger partial charge >= 0.3 is 0 Å². The minimum Gasteiger partial charge on any atom is -0.361 e. The average molecular weight is 284 g/mol. The fourth-order valence-corrected chi connectivity index (χ4v) is 3.30. The molecule has 1 amide bonds. The van der Waals surface area contributed by atoms with Gasteiger partial charge in [-0.05, 0) is 41.8 Å². The summed E-state index contributed by atoms with van der Waals surface area (Å²) < 4.78 is 0. The molecule has 0 radical (unpaired) electrons. The van der Waals surface area contributed by atoms with Crippen molar-refractivity contribution in [2.45, 2.75) is 39.0 Å². The van der Waals surface area contributed by atoms with Crippen molar-refractivity contribution in [1.29, 1.82) is 0 Å². The molecule has 0 atom stereocenters. The highest BCUT2D eigenvalue weighted by Gasteiger charge is 2.18. The maximum atomic E-state index is 12.2. The summed E-state index contributed by atoms with van der Waals surface area (Å²) in [6.07, 6.45) is 8.36. The van der Waals surface area contributed by atoms with E-state index in [9.17, 15) is 4.79 Å². The van der Waals surface area contributed by atoms with E-state index in [1.165, 1.54) is 25.7 Å². The molecule has 0 aliphatic heterocycles. The quantitative estimate of drug-likeness (QED) is 0.871. The summed E-state index contributed by atoms with van der Waals surface area (Å²) in [6, 6.07) is 7.82. The lowest BCUT2D eigenvalue weighted by molar-refractivity contribution is 0.0950. The van der Waals surface area contributed by atoms with Crippen LogP contribution >= 0.6 is 0 Å². The maximum absolute atomic E-state index is 12.2. The van der Waals surface area contributed by atoms with Crippen LogP contribution in [0.25, 0.3) is 10.9 Å². The Morgan fingerprint density at radius 2 is 2.05 bits per heavy atom. The molecule has 3 heteroatoms. The van der Waals surface area contributed by atoms with Crippen molar-refractivity contribution in [1.82, 2.24) is 10.3 Å². The molecule has 1 saturated carbocycles. The standard InChI is InChI=1S/C18H24N2O/c1-13-2-4-14(5-3-13)8-10-20-18(21)16-7-6-15-9-11-19-17(15)12-16/h6-7,9,11-14,19H,2-5,8,10H2,1H3,(H,20,21). The van der Waals surface area contributed by atoms with Crippen molar-refractivity contribution in [3.63, 3.8) is 0 Å². The summed E-state index contributed by atoms with van der Waals surface area (Å²) in [5, 5.41) is 4.20. The minimum absolute atomic E-state index is 0.0377. The number of carbonyl (C=O) groups excluding carboxylic acids is 1. The van der Waals surface area contributed by atoms with E-state index in [-0.39, 0.29) is 5.91 Å². The molecule has 1 aliphatic rings. The van der Waals surface area contributed by atoms with Gasteiger partial charge in [0, 0.05) is 23.8 Å². The first-order valence-electron chi connectivity index (χ1n) is 8.07. The Kier molecular flexibility index (Phi) is 4.28. The molecular formula is C18H24N2O. The normalized spacial score (nSPS) is 22.3. The number of benzene rings is 1. The molecule has 0 saturated heterocycles. The zero-order chi connectivity index (χ0) is 14.7. The summed E-state index contributed by atoms with van der Waals surface area (Å²) in [6.45, 7) is 3.13. The van der Waals surface area contributed by atoms with E-state index < -0.39 is 0 Å². The predicted molar refractivity (Wildman–Crippen MR) is 86.4 cm³/mol. The second kappa shape index (κ2) is 6.33. The Morgan fingerprint density at radius 3 is 2.86 bits per heavy atom. The summed E-state index contributed by atoms with van der Waals surface area (Å²) in [4.78, 5) is 15.3. The lowest BCUT2D eigenvalue weighted by Gasteiger charge is -2.26. The molecule has 1 aliphatic carbocycles. The second-order valence-electron chi connectivity index (χ2n) is 6.45. The lowest BCUT2D eigenvalue weighted by atomic mass is 9.81. The Morgan fingerprint density at radius 1 is 1.24 bits per heavy atom. The number of amides is 1. The Bertz CT molecular complexity index is 608. The topological polar surface area (TPSA) is 44.9 Å². The van der Waals surface area contributed by atoms with Crippen molar-refractivity contribution in [2.75, 3.05) is 6.54 Å². The zero-order valence-electron chi connectivity index (χ0n) is 12.7. The monoisotopic (exact) mass is 284 g/mol. The molecule has 0 spiro atoms. The van der Waals surface area contributed by atoms with Crippen LogP contribution in [0.3, 0.4) is 0 Å². The average Bonchev–Trinajstić information content (AvgIpc) is 2.96. The van der Waals surface area contributed by atoms with Crippen LogP contribution in [0.4, 0.5) is 0 Å². The summed E-state index contributed by atoms with van der Waals surface area (Å²) in [7, 11) is 0. The molecular weight excluding hydrogens is 260 g/mol. The number of H-pyrrole nitrogens is 1. The number of nitrogens with one attached hydrogen (secondary N) is 2. The smallest absolute Gasteiger partial charge is 0.251 e. The molecule has 1 aromatic carbocycles. The molecule has 1 heterocycles. The van der Waals surface area contributed by atoms with Crippen LogP contribution in [0.1, 0.15) is 49.4 Å². The van der Waals surface area contributed by atoms with Crippen LogP contribution in [0.2, 0.25) is 0 Å². The van der Waals surface area contributed by atoms with Crippen LogP contribution in [0.5, 0.6) is 0 Å². The second-order valence-corrected chi connectivity index (χ2v) is 6.45. The Hall–Kier alpha value is -1.77. The Balaban J connectivity index is 1.49. The van der Waals surface area contributed by atoms with Crippen LogP contribution in [-0.4, -0.2) is 17.4 Å². The Labute approximate surface area is 126 Å². The fourth-order valence-electron chi connectivity index (χ4n) is 3.30. The molecule has 21 heavy (non-hydrogen) atoms. The molecule has 2 aromatic rings. The van der Waals surface area contributed by atoms with Gasteiger partial charge in [0.2, 0.25) is 0 Å². The SMILES string of the molecule is CC1CCC(CCNC(=O)c2ccc3cc[nH]c3c2)CC1. The highest BCUT2D eigenvalue weighted by atomic mass is 16.1. The van der Waals surface area contributed by atoms with E-state index in [4.69, 9.17) is 0 Å². The molecule has 3 nitrogen and oxygen atoms in total. The van der Waals surface area contributed by atoms with Gasteiger partial charge in [0.05, 0.1) is 0 Å². The summed E-state index contributed by atoms with van der Waals surface area (Å²) >= 11 is 0. The molecule has 1 aromatic heterocycles. The first-order chi connectivity index (χ1) is 10.2. The van der Waals surface area contributed by atoms with E-state index in [0.29, 0.717) is 0 Å². The first kappa shape index (κ1) is 14.2. The zero-order valence-corrected chi connectivity index (χ0v) is 12.7. The van der Waals surface area contributed by atoms with Gasteiger partial charge in [-0.3, -0.25) is 4.79 Å². The first-order valence-corrected chi connectivity index (χ1v) is 8.07. The van der Waals surface area contributed by atoms with Crippen LogP contribution in [-0.2, 0) is 0 Å². The molecule has 112 valence electrons. The third-order valence-corrected chi connectivity index (χ3v) is 4.79. The number of aromatic nitrogens is 1. The van der Waals surface area contributed by atoms with E-state index in [1.807, 2.05) is 30.5 Å². The predicted octanol–water partition coefficient (Wildman–Crippen LogP) is 4.11. The number of hydrogen-bond donors (Lipinski definition) is 2. The van der Waals surface area contributed by atoms with Crippen molar-refractivity contribution in [2.24, 2.45) is 11.8 Å². The largest absolute Gasteiger partial charge is 0.361 e. The molecule has 1 fully saturated rings. The van der Waals surface area contributed by atoms with Crippen molar-refractivity contribution in [3.8, 4) is 0 Å². The van der Waals surface area contributed by atoms with Gasteiger partial charge < -0.3 is 10.3 Å². The van der Waals surface area contributed by atoms with Gasteiger partial charge in [-0.25, -0.2) is 0 Å². The maximum Gasteiger partial charge on any atom is 0.251 e. The highest BCUT2D eigenvalue weighted by molar-refractivity contribution is 5.97. The molecule has 3 rings (SSSR count). The number of carbonyl (C=O) groups is 1. The van der Waals surface area contributed by atoms with Crippen molar-refractivity contribution in [3.05, 3.63) is 36.0 Å². The number of hydrogen-bond acceptors (Lipinski definition) is 1. The van der Waals surface area contributed by atoms with Crippen molar-refractivity contribution < 1.29 is 4.79 Å². The third-order valence-electron chi connectivity index (χ3n) is 4.79. The van der Waals surface area contributed by atoms with Gasteiger partial charge in [-0.1, -0.05) is 38.7 Å². The molecule has 0 unspecified atom stereocenters. The number of rotatable bonds is 4. The number of fused-ring (bicyclic) bond motifs is 1. The van der Waals surface area contributed by atoms with Crippen LogP contribution < -0.4 is 5.32 Å². The fraction of sp³-hybridized carbons (Fsp3) is 0.500. The van der Waals surface area contributed by atoms with E-state index in [2.05, 4.69) is 17.2 Å². The summed E-state index contributed by atoms with van der Waals surface area (Å²) in [5.41, 5.74) is 1.76. The minimum atomic E-state index is 0.0377. The highest BCUT2D eigenvalue weighted by Crippen LogP contribution is 2.29. The molecule has 2 N–H and O–H groups in total. The van der Waals surface area contributed by atoms with Gasteiger partial charge in [0.1, 0.15) is 0 Å². The molecule has 0 bridgehead atoms. The van der Waals surface area contributed by atoms with Crippen molar-refractivity contribution >= 4 is 16.8 Å².